The quantitative estimate of drug-likeness (QED) is 0.775. The summed E-state index contributed by atoms with van der Waals surface area (Å²) in [5.74, 6) is 2.94. The van der Waals surface area contributed by atoms with Crippen molar-refractivity contribution in [2.24, 2.45) is 40.7 Å². The number of nitrogens with one attached hydrogen (secondary N) is 1. The Kier molecular flexibility index (Phi) is 5.02. The molecule has 5 rings (SSSR count). The Morgan fingerprint density at radius 1 is 1.07 bits per heavy atom. The SMILES string of the molecule is CC(C)C(NC(=O)C12CC3CC(CC(C3)C1)C2)C(=O)N1CC(CN)CC1C. The fourth-order valence-corrected chi connectivity index (χ4v) is 7.00. The molecule has 1 heterocycles. The lowest BCUT2D eigenvalue weighted by molar-refractivity contribution is -0.150. The van der Waals surface area contributed by atoms with Crippen LogP contribution in [0.1, 0.15) is 65.7 Å². The fourth-order valence-electron chi connectivity index (χ4n) is 7.00. The van der Waals surface area contributed by atoms with Crippen LogP contribution in [0.15, 0.2) is 0 Å². The summed E-state index contributed by atoms with van der Waals surface area (Å²) >= 11 is 0. The zero-order valence-electron chi connectivity index (χ0n) is 17.2. The van der Waals surface area contributed by atoms with Crippen LogP contribution < -0.4 is 11.1 Å². The number of carbonyl (C=O) groups is 2. The molecule has 5 heteroatoms. The zero-order chi connectivity index (χ0) is 19.3. The van der Waals surface area contributed by atoms with E-state index < -0.39 is 6.04 Å². The van der Waals surface area contributed by atoms with Crippen molar-refractivity contribution < 1.29 is 9.59 Å². The Morgan fingerprint density at radius 2 is 1.63 bits per heavy atom. The van der Waals surface area contributed by atoms with Crippen molar-refractivity contribution in [1.82, 2.24) is 10.2 Å². The number of nitrogens with zero attached hydrogens (tertiary/aromatic N) is 1. The van der Waals surface area contributed by atoms with E-state index in [1.807, 2.05) is 18.7 Å². The Balaban J connectivity index is 1.47. The van der Waals surface area contributed by atoms with Gasteiger partial charge in [-0.15, -0.1) is 0 Å². The first-order valence-electron chi connectivity index (χ1n) is 11.1. The van der Waals surface area contributed by atoms with Crippen LogP contribution in [0, 0.1) is 35.0 Å². The first-order valence-corrected chi connectivity index (χ1v) is 11.1. The zero-order valence-corrected chi connectivity index (χ0v) is 17.2. The molecule has 3 unspecified atom stereocenters. The van der Waals surface area contributed by atoms with Gasteiger partial charge in [-0.3, -0.25) is 9.59 Å². The number of likely N-dealkylation sites (tertiary alicyclic amines) is 1. The molecule has 1 aliphatic heterocycles. The smallest absolute Gasteiger partial charge is 0.245 e. The number of amides is 2. The van der Waals surface area contributed by atoms with E-state index in [2.05, 4.69) is 12.2 Å². The van der Waals surface area contributed by atoms with Gasteiger partial charge >= 0.3 is 0 Å². The van der Waals surface area contributed by atoms with Crippen molar-refractivity contribution in [3.05, 3.63) is 0 Å². The number of hydrogen-bond acceptors (Lipinski definition) is 3. The lowest BCUT2D eigenvalue weighted by Crippen LogP contribution is -2.59. The summed E-state index contributed by atoms with van der Waals surface area (Å²) in [7, 11) is 0. The minimum absolute atomic E-state index is 0.0894. The van der Waals surface area contributed by atoms with Gasteiger partial charge in [0.15, 0.2) is 0 Å². The normalized spacial score (nSPS) is 41.2. The van der Waals surface area contributed by atoms with Crippen LogP contribution in [0.5, 0.6) is 0 Å². The Bertz CT molecular complexity index is 567. The molecule has 4 bridgehead atoms. The second-order valence-corrected chi connectivity index (χ2v) is 10.6. The maximum atomic E-state index is 13.4. The van der Waals surface area contributed by atoms with Gasteiger partial charge in [-0.05, 0) is 88.0 Å². The van der Waals surface area contributed by atoms with Crippen molar-refractivity contribution in [3.63, 3.8) is 0 Å². The number of nitrogens with two attached hydrogens (primary N) is 1. The van der Waals surface area contributed by atoms with Gasteiger partial charge in [0.25, 0.3) is 0 Å². The molecule has 4 aliphatic carbocycles. The van der Waals surface area contributed by atoms with Crippen LogP contribution in [0.4, 0.5) is 0 Å². The molecule has 5 fully saturated rings. The van der Waals surface area contributed by atoms with Gasteiger partial charge < -0.3 is 16.0 Å². The molecule has 0 radical (unpaired) electrons. The molecule has 3 atom stereocenters. The van der Waals surface area contributed by atoms with Gasteiger partial charge in [0.2, 0.25) is 11.8 Å². The van der Waals surface area contributed by atoms with Gasteiger partial charge in [-0.2, -0.15) is 0 Å². The molecule has 5 aliphatic rings. The maximum absolute atomic E-state index is 13.4. The summed E-state index contributed by atoms with van der Waals surface area (Å²) in [4.78, 5) is 28.7. The Morgan fingerprint density at radius 3 is 2.07 bits per heavy atom. The lowest BCUT2D eigenvalue weighted by atomic mass is 9.49. The van der Waals surface area contributed by atoms with Gasteiger partial charge in [-0.1, -0.05) is 13.8 Å². The molecular formula is C22H37N3O2. The summed E-state index contributed by atoms with van der Waals surface area (Å²) in [6.07, 6.45) is 8.06. The predicted molar refractivity (Wildman–Crippen MR) is 106 cm³/mol. The molecule has 27 heavy (non-hydrogen) atoms. The molecule has 152 valence electrons. The van der Waals surface area contributed by atoms with Gasteiger partial charge in [0.05, 0.1) is 0 Å². The second kappa shape index (κ2) is 7.06. The molecule has 5 nitrogen and oxygen atoms in total. The number of carbonyl (C=O) groups excluding carboxylic acids is 2. The highest BCUT2D eigenvalue weighted by Crippen LogP contribution is 2.60. The summed E-state index contributed by atoms with van der Waals surface area (Å²) in [5.41, 5.74) is 5.64. The minimum Gasteiger partial charge on any atom is -0.344 e. The maximum Gasteiger partial charge on any atom is 0.245 e. The van der Waals surface area contributed by atoms with Crippen molar-refractivity contribution in [2.45, 2.75) is 77.8 Å². The van der Waals surface area contributed by atoms with Crippen LogP contribution in [-0.4, -0.2) is 41.9 Å². The van der Waals surface area contributed by atoms with E-state index in [9.17, 15) is 9.59 Å². The summed E-state index contributed by atoms with van der Waals surface area (Å²) in [6.45, 7) is 7.55. The molecular weight excluding hydrogens is 338 g/mol. The van der Waals surface area contributed by atoms with Gasteiger partial charge in [0.1, 0.15) is 6.04 Å². The summed E-state index contributed by atoms with van der Waals surface area (Å²) < 4.78 is 0. The molecule has 0 aromatic heterocycles. The van der Waals surface area contributed by atoms with E-state index in [4.69, 9.17) is 5.73 Å². The molecule has 4 saturated carbocycles. The van der Waals surface area contributed by atoms with Crippen LogP contribution >= 0.6 is 0 Å². The molecule has 2 amide bonds. The van der Waals surface area contributed by atoms with Crippen LogP contribution in [0.25, 0.3) is 0 Å². The Hall–Kier alpha value is -1.10. The largest absolute Gasteiger partial charge is 0.344 e. The highest BCUT2D eigenvalue weighted by Gasteiger charge is 2.55. The van der Waals surface area contributed by atoms with Crippen molar-refractivity contribution in [1.29, 1.82) is 0 Å². The van der Waals surface area contributed by atoms with Gasteiger partial charge in [0, 0.05) is 18.0 Å². The van der Waals surface area contributed by atoms with Crippen molar-refractivity contribution in [3.8, 4) is 0 Å². The monoisotopic (exact) mass is 375 g/mol. The third kappa shape index (κ3) is 3.41. The van der Waals surface area contributed by atoms with Crippen LogP contribution in [0.2, 0.25) is 0 Å². The molecule has 0 aromatic rings. The minimum atomic E-state index is -0.413. The van der Waals surface area contributed by atoms with Crippen molar-refractivity contribution >= 4 is 11.8 Å². The highest BCUT2D eigenvalue weighted by atomic mass is 16.2. The van der Waals surface area contributed by atoms with Crippen LogP contribution in [-0.2, 0) is 9.59 Å². The number of rotatable bonds is 5. The standard InChI is InChI=1S/C22H37N3O2/c1-13(2)19(20(26)25-12-18(11-23)4-14(25)3)24-21(27)22-8-15-5-16(9-22)7-17(6-15)10-22/h13-19H,4-12,23H2,1-3H3,(H,24,27). The highest BCUT2D eigenvalue weighted by molar-refractivity contribution is 5.91. The van der Waals surface area contributed by atoms with E-state index in [1.165, 1.54) is 19.3 Å². The summed E-state index contributed by atoms with van der Waals surface area (Å²) in [5, 5.41) is 3.24. The first kappa shape index (κ1) is 19.2. The summed E-state index contributed by atoms with van der Waals surface area (Å²) in [6, 6.07) is -0.201. The third-order valence-electron chi connectivity index (χ3n) is 8.02. The topological polar surface area (TPSA) is 75.4 Å². The third-order valence-corrected chi connectivity index (χ3v) is 8.02. The van der Waals surface area contributed by atoms with E-state index in [0.29, 0.717) is 12.5 Å². The average Bonchev–Trinajstić information content (AvgIpc) is 2.98. The van der Waals surface area contributed by atoms with E-state index in [1.54, 1.807) is 0 Å². The number of hydrogen-bond donors (Lipinski definition) is 2. The average molecular weight is 376 g/mol. The van der Waals surface area contributed by atoms with E-state index >= 15 is 0 Å². The second-order valence-electron chi connectivity index (χ2n) is 10.6. The fraction of sp³-hybridized carbons (Fsp3) is 0.909. The lowest BCUT2D eigenvalue weighted by Gasteiger charge is -2.56. The Labute approximate surface area is 163 Å². The first-order chi connectivity index (χ1) is 12.8. The van der Waals surface area contributed by atoms with Gasteiger partial charge in [-0.25, -0.2) is 0 Å². The van der Waals surface area contributed by atoms with E-state index in [-0.39, 0.29) is 29.2 Å². The van der Waals surface area contributed by atoms with E-state index in [0.717, 1.165) is 50.0 Å². The van der Waals surface area contributed by atoms with Crippen molar-refractivity contribution in [2.75, 3.05) is 13.1 Å². The molecule has 0 spiro atoms. The molecule has 0 aromatic carbocycles. The molecule has 1 saturated heterocycles. The predicted octanol–water partition coefficient (Wildman–Crippen LogP) is 2.54. The van der Waals surface area contributed by atoms with Crippen LogP contribution in [0.3, 0.4) is 0 Å². The molecule has 3 N–H and O–H groups in total.